The minimum atomic E-state index is -0.946. The van der Waals surface area contributed by atoms with E-state index < -0.39 is 11.6 Å². The van der Waals surface area contributed by atoms with E-state index in [9.17, 15) is 13.6 Å². The van der Waals surface area contributed by atoms with Crippen LogP contribution in [0.15, 0.2) is 23.6 Å². The normalized spacial score (nSPS) is 12.2. The van der Waals surface area contributed by atoms with Crippen molar-refractivity contribution in [2.45, 2.75) is 19.8 Å². The van der Waals surface area contributed by atoms with Crippen LogP contribution in [-0.4, -0.2) is 29.1 Å². The maximum Gasteiger partial charge on any atom is 0.270 e. The third-order valence-electron chi connectivity index (χ3n) is 3.57. The molecule has 1 atom stereocenters. The molecular formula is C16H18F2N2O2S. The minimum Gasteiger partial charge on any atom is -0.396 e. The van der Waals surface area contributed by atoms with Gasteiger partial charge in [-0.3, -0.25) is 4.79 Å². The molecule has 23 heavy (non-hydrogen) atoms. The average molecular weight is 340 g/mol. The zero-order valence-corrected chi connectivity index (χ0v) is 13.5. The van der Waals surface area contributed by atoms with Gasteiger partial charge >= 0.3 is 0 Å². The highest BCUT2D eigenvalue weighted by atomic mass is 32.1. The van der Waals surface area contributed by atoms with Gasteiger partial charge in [-0.25, -0.2) is 13.8 Å². The first-order chi connectivity index (χ1) is 11.0. The number of aromatic nitrogens is 1. The van der Waals surface area contributed by atoms with Crippen LogP contribution in [0.4, 0.5) is 8.78 Å². The number of carbonyl (C=O) groups excluding carboxylic acids is 1. The molecule has 1 aromatic heterocycles. The van der Waals surface area contributed by atoms with Crippen molar-refractivity contribution in [1.82, 2.24) is 10.3 Å². The molecule has 0 aliphatic carbocycles. The number of hydrogen-bond donors (Lipinski definition) is 2. The molecule has 0 radical (unpaired) electrons. The number of benzene rings is 1. The predicted molar refractivity (Wildman–Crippen MR) is 85.3 cm³/mol. The van der Waals surface area contributed by atoms with E-state index in [0.717, 1.165) is 18.6 Å². The molecule has 1 aromatic carbocycles. The van der Waals surface area contributed by atoms with Crippen LogP contribution in [0.1, 0.15) is 30.3 Å². The van der Waals surface area contributed by atoms with Crippen molar-refractivity contribution >= 4 is 17.2 Å². The summed E-state index contributed by atoms with van der Waals surface area (Å²) in [5.41, 5.74) is 0.674. The Morgan fingerprint density at radius 3 is 2.83 bits per heavy atom. The largest absolute Gasteiger partial charge is 0.396 e. The van der Waals surface area contributed by atoms with E-state index in [1.165, 1.54) is 17.4 Å². The summed E-state index contributed by atoms with van der Waals surface area (Å²) in [5, 5.41) is 13.8. The summed E-state index contributed by atoms with van der Waals surface area (Å²) in [4.78, 5) is 16.2. The number of hydrogen-bond acceptors (Lipinski definition) is 4. The second kappa shape index (κ2) is 8.12. The molecule has 1 heterocycles. The summed E-state index contributed by atoms with van der Waals surface area (Å²) in [6.07, 6.45) is 1.49. The summed E-state index contributed by atoms with van der Waals surface area (Å²) in [6.45, 7) is 2.55. The van der Waals surface area contributed by atoms with Gasteiger partial charge in [-0.2, -0.15) is 0 Å². The molecule has 0 saturated carbocycles. The van der Waals surface area contributed by atoms with Crippen molar-refractivity contribution in [1.29, 1.82) is 0 Å². The van der Waals surface area contributed by atoms with Crippen LogP contribution < -0.4 is 5.32 Å². The Morgan fingerprint density at radius 1 is 1.39 bits per heavy atom. The molecule has 7 heteroatoms. The summed E-state index contributed by atoms with van der Waals surface area (Å²) >= 11 is 1.19. The fourth-order valence-corrected chi connectivity index (χ4v) is 2.90. The topological polar surface area (TPSA) is 62.2 Å². The molecule has 0 aliphatic rings. The zero-order valence-electron chi connectivity index (χ0n) is 12.7. The van der Waals surface area contributed by atoms with Crippen molar-refractivity contribution in [2.24, 2.45) is 5.92 Å². The molecule has 1 amide bonds. The first kappa shape index (κ1) is 17.5. The Bertz CT molecular complexity index is 676. The molecule has 0 fully saturated rings. The maximum atomic E-state index is 13.3. The highest BCUT2D eigenvalue weighted by molar-refractivity contribution is 7.13. The van der Waals surface area contributed by atoms with E-state index in [0.29, 0.717) is 23.5 Å². The van der Waals surface area contributed by atoms with Crippen LogP contribution in [0, 0.1) is 17.6 Å². The smallest absolute Gasteiger partial charge is 0.270 e. The Kier molecular flexibility index (Phi) is 6.18. The van der Waals surface area contributed by atoms with Gasteiger partial charge < -0.3 is 10.4 Å². The maximum absolute atomic E-state index is 13.3. The number of halogens is 2. The van der Waals surface area contributed by atoms with Crippen LogP contribution in [-0.2, 0) is 0 Å². The van der Waals surface area contributed by atoms with Crippen molar-refractivity contribution in [2.75, 3.05) is 13.2 Å². The molecule has 0 aliphatic heterocycles. The summed E-state index contributed by atoms with van der Waals surface area (Å²) < 4.78 is 26.2. The predicted octanol–water partition coefficient (Wildman–Crippen LogP) is 3.23. The zero-order chi connectivity index (χ0) is 16.8. The van der Waals surface area contributed by atoms with Crippen molar-refractivity contribution in [3.8, 4) is 10.6 Å². The van der Waals surface area contributed by atoms with Crippen LogP contribution >= 0.6 is 11.3 Å². The summed E-state index contributed by atoms with van der Waals surface area (Å²) in [5.74, 6) is -1.96. The van der Waals surface area contributed by atoms with E-state index in [1.807, 2.05) is 6.92 Å². The van der Waals surface area contributed by atoms with Crippen molar-refractivity contribution in [3.63, 3.8) is 0 Å². The lowest BCUT2D eigenvalue weighted by atomic mass is 10.0. The van der Waals surface area contributed by atoms with Gasteiger partial charge in [0.05, 0.1) is 0 Å². The van der Waals surface area contributed by atoms with E-state index in [4.69, 9.17) is 5.11 Å². The van der Waals surface area contributed by atoms with Gasteiger partial charge in [0, 0.05) is 24.1 Å². The van der Waals surface area contributed by atoms with Gasteiger partial charge in [0.1, 0.15) is 10.7 Å². The number of rotatable bonds is 7. The molecule has 4 nitrogen and oxygen atoms in total. The summed E-state index contributed by atoms with van der Waals surface area (Å²) in [7, 11) is 0. The van der Waals surface area contributed by atoms with E-state index >= 15 is 0 Å². The number of nitrogens with zero attached hydrogens (tertiary/aromatic N) is 1. The lowest BCUT2D eigenvalue weighted by Gasteiger charge is -2.13. The Hall–Kier alpha value is -1.86. The van der Waals surface area contributed by atoms with Crippen LogP contribution in [0.5, 0.6) is 0 Å². The van der Waals surface area contributed by atoms with Crippen LogP contribution in [0.25, 0.3) is 10.6 Å². The van der Waals surface area contributed by atoms with Crippen LogP contribution in [0.2, 0.25) is 0 Å². The van der Waals surface area contributed by atoms with Crippen molar-refractivity contribution < 1.29 is 18.7 Å². The molecule has 2 aromatic rings. The van der Waals surface area contributed by atoms with E-state index in [1.54, 1.807) is 5.38 Å². The molecular weight excluding hydrogens is 322 g/mol. The second-order valence-electron chi connectivity index (χ2n) is 5.16. The number of thiazole rings is 1. The Labute approximate surface area is 137 Å². The second-order valence-corrected chi connectivity index (χ2v) is 6.02. The van der Waals surface area contributed by atoms with E-state index in [-0.39, 0.29) is 24.1 Å². The van der Waals surface area contributed by atoms with Gasteiger partial charge in [0.2, 0.25) is 0 Å². The quantitative estimate of drug-likeness (QED) is 0.813. The Morgan fingerprint density at radius 2 is 2.17 bits per heavy atom. The molecule has 0 bridgehead atoms. The monoisotopic (exact) mass is 340 g/mol. The lowest BCUT2D eigenvalue weighted by Crippen LogP contribution is -2.29. The third kappa shape index (κ3) is 4.56. The minimum absolute atomic E-state index is 0.0886. The number of carbonyl (C=O) groups is 1. The average Bonchev–Trinajstić information content (AvgIpc) is 3.03. The molecule has 2 rings (SSSR count). The fourth-order valence-electron chi connectivity index (χ4n) is 2.10. The lowest BCUT2D eigenvalue weighted by molar-refractivity contribution is 0.0939. The fraction of sp³-hybridized carbons (Fsp3) is 0.375. The van der Waals surface area contributed by atoms with E-state index in [2.05, 4.69) is 10.3 Å². The molecule has 0 saturated heterocycles. The highest BCUT2D eigenvalue weighted by Crippen LogP contribution is 2.25. The molecule has 0 spiro atoms. The van der Waals surface area contributed by atoms with Crippen LogP contribution in [0.3, 0.4) is 0 Å². The number of nitrogens with one attached hydrogen (secondary N) is 1. The first-order valence-corrected chi connectivity index (χ1v) is 8.23. The number of aliphatic hydroxyl groups is 1. The molecule has 1 unspecified atom stereocenters. The summed E-state index contributed by atoms with van der Waals surface area (Å²) in [6, 6.07) is 3.52. The highest BCUT2D eigenvalue weighted by Gasteiger charge is 2.14. The Balaban J connectivity index is 2.03. The van der Waals surface area contributed by atoms with Gasteiger partial charge in [-0.05, 0) is 30.5 Å². The van der Waals surface area contributed by atoms with Gasteiger partial charge in [-0.1, -0.05) is 13.3 Å². The first-order valence-electron chi connectivity index (χ1n) is 7.35. The number of aliphatic hydroxyl groups excluding tert-OH is 1. The molecule has 2 N–H and O–H groups in total. The van der Waals surface area contributed by atoms with Gasteiger partial charge in [0.15, 0.2) is 11.6 Å². The molecule has 124 valence electrons. The van der Waals surface area contributed by atoms with Gasteiger partial charge in [-0.15, -0.1) is 11.3 Å². The number of amides is 1. The van der Waals surface area contributed by atoms with Crippen molar-refractivity contribution in [3.05, 3.63) is 40.9 Å². The standard InChI is InChI=1S/C16H18F2N2O2S/c1-2-10(5-6-21)8-19-15(22)14-9-23-16(20-14)11-3-4-12(17)13(18)7-11/h3-4,7,9-10,21H,2,5-6,8H2,1H3,(H,19,22). The third-order valence-corrected chi connectivity index (χ3v) is 4.46. The van der Waals surface area contributed by atoms with Gasteiger partial charge in [0.25, 0.3) is 5.91 Å². The SMILES string of the molecule is CCC(CCO)CNC(=O)c1csc(-c2ccc(F)c(F)c2)n1.